The number of H-pyrrole nitrogens is 2. The lowest BCUT2D eigenvalue weighted by atomic mass is 10.1. The maximum Gasteiger partial charge on any atom is 0.161 e. The Morgan fingerprint density at radius 2 is 1.63 bits per heavy atom. The molecular formula is C25H18FN7O2. The van der Waals surface area contributed by atoms with Gasteiger partial charge in [-0.2, -0.15) is 5.10 Å². The van der Waals surface area contributed by atoms with E-state index in [1.165, 1.54) is 19.2 Å². The van der Waals surface area contributed by atoms with Crippen molar-refractivity contribution in [2.45, 2.75) is 0 Å². The van der Waals surface area contributed by atoms with Crippen LogP contribution in [0.1, 0.15) is 0 Å². The number of aromatic nitrogens is 7. The quantitative estimate of drug-likeness (QED) is 0.375. The highest BCUT2D eigenvalue weighted by molar-refractivity contribution is 5.95. The molecule has 6 rings (SSSR count). The van der Waals surface area contributed by atoms with Crippen LogP contribution in [0.15, 0.2) is 61.1 Å². The number of imidazole rings is 1. The largest absolute Gasteiger partial charge is 0.497 e. The van der Waals surface area contributed by atoms with Crippen molar-refractivity contribution in [3.05, 3.63) is 66.9 Å². The Morgan fingerprint density at radius 1 is 0.800 bits per heavy atom. The molecule has 35 heavy (non-hydrogen) atoms. The van der Waals surface area contributed by atoms with E-state index in [0.29, 0.717) is 45.3 Å². The van der Waals surface area contributed by atoms with Crippen molar-refractivity contribution < 1.29 is 13.9 Å². The van der Waals surface area contributed by atoms with Crippen molar-refractivity contribution in [2.75, 3.05) is 14.2 Å². The molecule has 10 heteroatoms. The molecule has 0 radical (unpaired) electrons. The third-order valence-corrected chi connectivity index (χ3v) is 5.66. The Hall–Kier alpha value is -4.86. The van der Waals surface area contributed by atoms with Crippen molar-refractivity contribution in [2.24, 2.45) is 0 Å². The van der Waals surface area contributed by atoms with Gasteiger partial charge in [-0.15, -0.1) is 0 Å². The number of rotatable bonds is 5. The van der Waals surface area contributed by atoms with Crippen molar-refractivity contribution in [3.8, 4) is 45.5 Å². The number of hydrogen-bond acceptors (Lipinski definition) is 7. The zero-order valence-electron chi connectivity index (χ0n) is 18.7. The first-order valence-electron chi connectivity index (χ1n) is 10.7. The van der Waals surface area contributed by atoms with Gasteiger partial charge in [-0.25, -0.2) is 14.4 Å². The lowest BCUT2D eigenvalue weighted by Crippen LogP contribution is -1.90. The van der Waals surface area contributed by atoms with Crippen LogP contribution in [-0.4, -0.2) is 49.3 Å². The minimum absolute atomic E-state index is 0.400. The molecule has 0 atom stereocenters. The number of methoxy groups -OCH3 is 2. The predicted octanol–water partition coefficient (Wildman–Crippen LogP) is 4.78. The van der Waals surface area contributed by atoms with Crippen LogP contribution in [0.5, 0.6) is 11.5 Å². The first-order chi connectivity index (χ1) is 17.1. The maximum absolute atomic E-state index is 14.2. The molecule has 0 saturated carbocycles. The van der Waals surface area contributed by atoms with Gasteiger partial charge in [-0.3, -0.25) is 15.1 Å². The minimum Gasteiger partial charge on any atom is -0.497 e. The van der Waals surface area contributed by atoms with E-state index in [-0.39, 0.29) is 0 Å². The Kier molecular flexibility index (Phi) is 4.84. The van der Waals surface area contributed by atoms with Crippen molar-refractivity contribution in [3.63, 3.8) is 0 Å². The molecule has 6 aromatic rings. The van der Waals surface area contributed by atoms with Gasteiger partial charge in [0.1, 0.15) is 28.3 Å². The lowest BCUT2D eigenvalue weighted by Gasteiger charge is -2.05. The average molecular weight is 467 g/mol. The molecule has 1 aromatic carbocycles. The Morgan fingerprint density at radius 3 is 2.49 bits per heavy atom. The first-order valence-corrected chi connectivity index (χ1v) is 10.7. The zero-order chi connectivity index (χ0) is 23.9. The molecule has 0 aliphatic heterocycles. The van der Waals surface area contributed by atoms with Crippen molar-refractivity contribution in [1.29, 1.82) is 0 Å². The Labute approximate surface area is 198 Å². The molecule has 0 bridgehead atoms. The van der Waals surface area contributed by atoms with Gasteiger partial charge in [0.2, 0.25) is 0 Å². The van der Waals surface area contributed by atoms with Crippen LogP contribution in [0.2, 0.25) is 0 Å². The SMILES string of the molecule is COc1cncc(-c2ccc3[nH]nc(-c4nc5c(-c6cc(F)cc(OC)c6)nccc5[nH]4)c3n2)c1. The molecule has 0 unspecified atom stereocenters. The highest BCUT2D eigenvalue weighted by Crippen LogP contribution is 2.32. The summed E-state index contributed by atoms with van der Waals surface area (Å²) in [6.07, 6.45) is 5.01. The summed E-state index contributed by atoms with van der Waals surface area (Å²) in [4.78, 5) is 21.5. The molecule has 2 N–H and O–H groups in total. The zero-order valence-corrected chi connectivity index (χ0v) is 18.7. The fourth-order valence-electron chi connectivity index (χ4n) is 3.97. The summed E-state index contributed by atoms with van der Waals surface area (Å²) in [7, 11) is 3.08. The number of hydrogen-bond donors (Lipinski definition) is 2. The lowest BCUT2D eigenvalue weighted by molar-refractivity contribution is 0.411. The molecule has 0 aliphatic carbocycles. The monoisotopic (exact) mass is 467 g/mol. The van der Waals surface area contributed by atoms with Crippen molar-refractivity contribution in [1.82, 2.24) is 35.1 Å². The third kappa shape index (κ3) is 3.61. The van der Waals surface area contributed by atoms with Crippen molar-refractivity contribution >= 4 is 22.1 Å². The van der Waals surface area contributed by atoms with E-state index in [1.54, 1.807) is 31.8 Å². The maximum atomic E-state index is 14.2. The molecule has 0 spiro atoms. The summed E-state index contributed by atoms with van der Waals surface area (Å²) in [6.45, 7) is 0. The van der Waals surface area contributed by atoms with E-state index in [4.69, 9.17) is 19.4 Å². The van der Waals surface area contributed by atoms with Gasteiger partial charge < -0.3 is 14.5 Å². The first kappa shape index (κ1) is 20.7. The number of ether oxygens (including phenoxy) is 2. The van der Waals surface area contributed by atoms with Crippen LogP contribution < -0.4 is 9.47 Å². The second kappa shape index (κ2) is 8.17. The van der Waals surface area contributed by atoms with Crippen LogP contribution in [0.25, 0.3) is 56.1 Å². The van der Waals surface area contributed by atoms with E-state index >= 15 is 0 Å². The second-order valence-electron chi connectivity index (χ2n) is 7.80. The highest BCUT2D eigenvalue weighted by atomic mass is 19.1. The Bertz CT molecular complexity index is 1710. The van der Waals surface area contributed by atoms with E-state index < -0.39 is 5.82 Å². The number of halogens is 1. The molecule has 0 fully saturated rings. The summed E-state index contributed by atoms with van der Waals surface area (Å²) < 4.78 is 24.7. The predicted molar refractivity (Wildman–Crippen MR) is 129 cm³/mol. The van der Waals surface area contributed by atoms with Gasteiger partial charge in [0.25, 0.3) is 0 Å². The molecule has 0 amide bonds. The number of benzene rings is 1. The number of fused-ring (bicyclic) bond motifs is 2. The highest BCUT2D eigenvalue weighted by Gasteiger charge is 2.18. The van der Waals surface area contributed by atoms with Gasteiger partial charge >= 0.3 is 0 Å². The summed E-state index contributed by atoms with van der Waals surface area (Å²) in [5, 5.41) is 7.46. The number of nitrogens with one attached hydrogen (secondary N) is 2. The van der Waals surface area contributed by atoms with Crippen LogP contribution in [0.4, 0.5) is 4.39 Å². The third-order valence-electron chi connectivity index (χ3n) is 5.66. The van der Waals surface area contributed by atoms with Gasteiger partial charge in [0, 0.05) is 29.6 Å². The van der Waals surface area contributed by atoms with E-state index in [2.05, 4.69) is 25.1 Å². The summed E-state index contributed by atoms with van der Waals surface area (Å²) in [5.41, 5.74) is 5.89. The summed E-state index contributed by atoms with van der Waals surface area (Å²) >= 11 is 0. The van der Waals surface area contributed by atoms with E-state index in [1.807, 2.05) is 24.3 Å². The van der Waals surface area contributed by atoms with Gasteiger partial charge in [-0.1, -0.05) is 0 Å². The Balaban J connectivity index is 1.48. The van der Waals surface area contributed by atoms with Gasteiger partial charge in [0.15, 0.2) is 11.5 Å². The van der Waals surface area contributed by atoms with E-state index in [0.717, 1.165) is 22.3 Å². The fraction of sp³-hybridized carbons (Fsp3) is 0.0800. The molecule has 0 aliphatic rings. The number of nitrogens with zero attached hydrogens (tertiary/aromatic N) is 5. The standard InChI is InChI=1S/C25H18FN7O2/c1-34-16-8-13(7-15(26)10-16)21-22-19(5-6-28-21)30-25(31-22)24-23-20(32-33-24)4-3-18(29-23)14-9-17(35-2)12-27-11-14/h3-12H,1-2H3,(H,30,31)(H,32,33). The topological polar surface area (TPSA) is 114 Å². The molecule has 0 saturated heterocycles. The van der Waals surface area contributed by atoms with E-state index in [9.17, 15) is 4.39 Å². The second-order valence-corrected chi connectivity index (χ2v) is 7.80. The van der Waals surface area contributed by atoms with Crippen LogP contribution in [0.3, 0.4) is 0 Å². The van der Waals surface area contributed by atoms with Crippen LogP contribution in [-0.2, 0) is 0 Å². The van der Waals surface area contributed by atoms with Crippen LogP contribution in [0, 0.1) is 5.82 Å². The fourth-order valence-corrected chi connectivity index (χ4v) is 3.97. The normalized spacial score (nSPS) is 11.3. The molecule has 9 nitrogen and oxygen atoms in total. The smallest absolute Gasteiger partial charge is 0.161 e. The number of pyridine rings is 3. The van der Waals surface area contributed by atoms with Gasteiger partial charge in [0.05, 0.1) is 42.8 Å². The van der Waals surface area contributed by atoms with Crippen LogP contribution >= 0.6 is 0 Å². The van der Waals surface area contributed by atoms with Gasteiger partial charge in [-0.05, 0) is 36.4 Å². The minimum atomic E-state index is -0.420. The molecular weight excluding hydrogens is 449 g/mol. The average Bonchev–Trinajstić information content (AvgIpc) is 3.51. The molecule has 5 heterocycles. The number of aromatic amines is 2. The molecule has 5 aromatic heterocycles. The summed E-state index contributed by atoms with van der Waals surface area (Å²) in [5.74, 6) is 1.13. The molecule has 172 valence electrons. The summed E-state index contributed by atoms with van der Waals surface area (Å²) in [6, 6.07) is 11.9.